The van der Waals surface area contributed by atoms with Crippen molar-refractivity contribution in [3.63, 3.8) is 0 Å². The number of likely N-dealkylation sites (tertiary alicyclic amines) is 1. The molecule has 8 nitrogen and oxygen atoms in total. The fourth-order valence-electron chi connectivity index (χ4n) is 4.44. The van der Waals surface area contributed by atoms with Crippen LogP contribution in [0, 0.1) is 0 Å². The highest BCUT2D eigenvalue weighted by atomic mass is 35.5. The Hall–Kier alpha value is -3.52. The van der Waals surface area contributed by atoms with E-state index in [0.29, 0.717) is 43.1 Å². The van der Waals surface area contributed by atoms with Gasteiger partial charge in [-0.15, -0.1) is 0 Å². The van der Waals surface area contributed by atoms with Gasteiger partial charge in [-0.25, -0.2) is 9.48 Å². The summed E-state index contributed by atoms with van der Waals surface area (Å²) < 4.78 is 12.6. The average molecular weight is 525 g/mol. The largest absolute Gasteiger partial charge is 0.497 e. The van der Waals surface area contributed by atoms with Crippen LogP contribution < -0.4 is 10.1 Å². The van der Waals surface area contributed by atoms with E-state index in [-0.39, 0.29) is 17.9 Å². The Kier molecular flexibility index (Phi) is 8.07. The van der Waals surface area contributed by atoms with Gasteiger partial charge in [-0.05, 0) is 75.6 Å². The first-order valence-corrected chi connectivity index (χ1v) is 12.8. The lowest BCUT2D eigenvalue weighted by Gasteiger charge is -2.34. The minimum absolute atomic E-state index is 0.0365. The zero-order valence-electron chi connectivity index (χ0n) is 21.7. The third-order valence-electron chi connectivity index (χ3n) is 6.24. The van der Waals surface area contributed by atoms with E-state index >= 15 is 0 Å². The fraction of sp³-hybridized carbons (Fsp3) is 0.393. The Bertz CT molecular complexity index is 1240. The summed E-state index contributed by atoms with van der Waals surface area (Å²) in [5, 5.41) is 8.23. The molecule has 4 rings (SSSR count). The average Bonchev–Trinajstić information content (AvgIpc) is 3.32. The van der Waals surface area contributed by atoms with Crippen molar-refractivity contribution in [1.82, 2.24) is 20.0 Å². The Morgan fingerprint density at radius 1 is 1.11 bits per heavy atom. The molecule has 2 aromatic carbocycles. The van der Waals surface area contributed by atoms with E-state index in [4.69, 9.17) is 21.1 Å². The van der Waals surface area contributed by atoms with Crippen LogP contribution in [0.4, 0.5) is 4.79 Å². The Balaban J connectivity index is 1.56. The van der Waals surface area contributed by atoms with E-state index in [9.17, 15) is 9.59 Å². The number of carbonyl (C=O) groups excluding carboxylic acids is 2. The Morgan fingerprint density at radius 2 is 1.81 bits per heavy atom. The highest BCUT2D eigenvalue weighted by Crippen LogP contribution is 2.33. The van der Waals surface area contributed by atoms with Gasteiger partial charge >= 0.3 is 6.09 Å². The molecule has 0 saturated carbocycles. The van der Waals surface area contributed by atoms with Crippen LogP contribution in [0.15, 0.2) is 54.7 Å². The summed E-state index contributed by atoms with van der Waals surface area (Å²) in [4.78, 5) is 27.7. The SMILES string of the molecule is COc1cccc(CNC(=O)c2cnn(-c3ccc(Cl)cc3)c2C2CCN(C(=O)OC(C)(C)C)CC2)c1. The first-order valence-electron chi connectivity index (χ1n) is 12.4. The number of carbonyl (C=O) groups is 2. The van der Waals surface area contributed by atoms with Crippen LogP contribution in [0.1, 0.15) is 61.1 Å². The van der Waals surface area contributed by atoms with Gasteiger partial charge in [0.25, 0.3) is 5.91 Å². The first kappa shape index (κ1) is 26.5. The number of nitrogens with one attached hydrogen (secondary N) is 1. The van der Waals surface area contributed by atoms with Gasteiger partial charge < -0.3 is 19.7 Å². The van der Waals surface area contributed by atoms with Crippen LogP contribution in [0.3, 0.4) is 0 Å². The predicted octanol–water partition coefficient (Wildman–Crippen LogP) is 5.58. The monoisotopic (exact) mass is 524 g/mol. The van der Waals surface area contributed by atoms with E-state index in [0.717, 1.165) is 22.7 Å². The van der Waals surface area contributed by atoms with E-state index in [2.05, 4.69) is 10.4 Å². The number of rotatable bonds is 6. The molecule has 1 N–H and O–H groups in total. The lowest BCUT2D eigenvalue weighted by molar-refractivity contribution is 0.0203. The number of aromatic nitrogens is 2. The van der Waals surface area contributed by atoms with E-state index in [1.54, 1.807) is 30.3 Å². The highest BCUT2D eigenvalue weighted by molar-refractivity contribution is 6.30. The molecule has 1 fully saturated rings. The summed E-state index contributed by atoms with van der Waals surface area (Å²) >= 11 is 6.10. The van der Waals surface area contributed by atoms with Crippen molar-refractivity contribution in [3.8, 4) is 11.4 Å². The summed E-state index contributed by atoms with van der Waals surface area (Å²) in [6, 6.07) is 15.0. The lowest BCUT2D eigenvalue weighted by atomic mass is 9.91. The van der Waals surface area contributed by atoms with Crippen LogP contribution in [0.2, 0.25) is 5.02 Å². The molecule has 196 valence electrons. The number of amides is 2. The van der Waals surface area contributed by atoms with Gasteiger partial charge in [0, 0.05) is 30.6 Å². The third kappa shape index (κ3) is 6.63. The minimum Gasteiger partial charge on any atom is -0.497 e. The van der Waals surface area contributed by atoms with E-state index < -0.39 is 5.60 Å². The minimum atomic E-state index is -0.546. The topological polar surface area (TPSA) is 85.7 Å². The van der Waals surface area contributed by atoms with Crippen molar-refractivity contribution >= 4 is 23.6 Å². The van der Waals surface area contributed by atoms with Gasteiger partial charge in [0.05, 0.1) is 30.3 Å². The van der Waals surface area contributed by atoms with Gasteiger partial charge in [0.2, 0.25) is 0 Å². The van der Waals surface area contributed by atoms with Crippen molar-refractivity contribution in [3.05, 3.63) is 76.6 Å². The molecule has 1 aliphatic heterocycles. The molecule has 0 bridgehead atoms. The van der Waals surface area contributed by atoms with Crippen molar-refractivity contribution < 1.29 is 19.1 Å². The normalized spacial score (nSPS) is 14.4. The van der Waals surface area contributed by atoms with Gasteiger partial charge in [-0.3, -0.25) is 4.79 Å². The van der Waals surface area contributed by atoms with Crippen molar-refractivity contribution in [1.29, 1.82) is 0 Å². The maximum Gasteiger partial charge on any atom is 0.410 e. The fourth-order valence-corrected chi connectivity index (χ4v) is 4.56. The lowest BCUT2D eigenvalue weighted by Crippen LogP contribution is -2.41. The smallest absolute Gasteiger partial charge is 0.410 e. The van der Waals surface area contributed by atoms with E-state index in [1.807, 2.05) is 61.9 Å². The van der Waals surface area contributed by atoms with Crippen molar-refractivity contribution in [2.24, 2.45) is 0 Å². The maximum atomic E-state index is 13.4. The molecule has 1 aliphatic rings. The molecule has 0 radical (unpaired) electrons. The van der Waals surface area contributed by atoms with Gasteiger partial charge in [0.1, 0.15) is 11.4 Å². The number of nitrogens with zero attached hydrogens (tertiary/aromatic N) is 3. The maximum absolute atomic E-state index is 13.4. The quantitative estimate of drug-likeness (QED) is 0.455. The standard InChI is InChI=1S/C28H33ClN4O4/c1-28(2,3)37-27(35)32-14-12-20(13-15-32)25-24(18-31-33(25)22-10-8-21(29)9-11-22)26(34)30-17-19-6-5-7-23(16-19)36-4/h5-11,16,18,20H,12-15,17H2,1-4H3,(H,30,34). The Morgan fingerprint density at radius 3 is 2.46 bits per heavy atom. The summed E-state index contributed by atoms with van der Waals surface area (Å²) in [5.74, 6) is 0.571. The summed E-state index contributed by atoms with van der Waals surface area (Å²) in [6.45, 7) is 7.02. The van der Waals surface area contributed by atoms with Crippen molar-refractivity contribution in [2.45, 2.75) is 51.7 Å². The molecular formula is C28H33ClN4O4. The third-order valence-corrected chi connectivity index (χ3v) is 6.49. The zero-order chi connectivity index (χ0) is 26.6. The van der Waals surface area contributed by atoms with Crippen LogP contribution in [-0.2, 0) is 11.3 Å². The van der Waals surface area contributed by atoms with Crippen LogP contribution in [-0.4, -0.2) is 52.5 Å². The molecule has 1 aromatic heterocycles. The second-order valence-electron chi connectivity index (χ2n) is 10.1. The number of hydrogen-bond donors (Lipinski definition) is 1. The van der Waals surface area contributed by atoms with Crippen LogP contribution >= 0.6 is 11.6 Å². The number of ether oxygens (including phenoxy) is 2. The molecule has 0 spiro atoms. The molecule has 2 heterocycles. The Labute approximate surface area is 222 Å². The molecule has 0 atom stereocenters. The number of hydrogen-bond acceptors (Lipinski definition) is 5. The molecule has 2 amide bonds. The van der Waals surface area contributed by atoms with Gasteiger partial charge in [-0.1, -0.05) is 23.7 Å². The van der Waals surface area contributed by atoms with Gasteiger partial charge in [0.15, 0.2) is 0 Å². The van der Waals surface area contributed by atoms with E-state index in [1.165, 1.54) is 0 Å². The molecule has 0 unspecified atom stereocenters. The number of benzene rings is 2. The summed E-state index contributed by atoms with van der Waals surface area (Å²) in [5.41, 5.74) is 2.56. The molecular weight excluding hydrogens is 492 g/mol. The molecule has 37 heavy (non-hydrogen) atoms. The van der Waals surface area contributed by atoms with Gasteiger partial charge in [-0.2, -0.15) is 5.10 Å². The highest BCUT2D eigenvalue weighted by Gasteiger charge is 2.32. The van der Waals surface area contributed by atoms with Crippen molar-refractivity contribution in [2.75, 3.05) is 20.2 Å². The number of piperidine rings is 1. The zero-order valence-corrected chi connectivity index (χ0v) is 22.4. The summed E-state index contributed by atoms with van der Waals surface area (Å²) in [6.07, 6.45) is 2.68. The molecule has 0 aliphatic carbocycles. The number of methoxy groups -OCH3 is 1. The second kappa shape index (κ2) is 11.3. The molecule has 3 aromatic rings. The van der Waals surface area contributed by atoms with Crippen LogP contribution in [0.5, 0.6) is 5.75 Å². The molecule has 9 heteroatoms. The second-order valence-corrected chi connectivity index (χ2v) is 10.5. The first-order chi connectivity index (χ1) is 17.6. The predicted molar refractivity (Wildman–Crippen MR) is 143 cm³/mol. The molecule has 1 saturated heterocycles. The van der Waals surface area contributed by atoms with Crippen LogP contribution in [0.25, 0.3) is 5.69 Å². The number of halogens is 1. The summed E-state index contributed by atoms with van der Waals surface area (Å²) in [7, 11) is 1.61.